The molecule has 1 aliphatic carbocycles. The Hall–Kier alpha value is -4.53. The first-order chi connectivity index (χ1) is 17.9. The Bertz CT molecular complexity index is 1310. The summed E-state index contributed by atoms with van der Waals surface area (Å²) in [4.78, 5) is 38.2. The van der Waals surface area contributed by atoms with Crippen molar-refractivity contribution in [1.82, 2.24) is 4.90 Å². The normalized spacial score (nSPS) is 13.9. The molecule has 0 aromatic heterocycles. The molecule has 0 radical (unpaired) electrons. The first-order valence-corrected chi connectivity index (χ1v) is 11.9. The second-order valence-corrected chi connectivity index (χ2v) is 8.97. The molecular weight excluding hydrogens is 476 g/mol. The van der Waals surface area contributed by atoms with E-state index in [1.807, 2.05) is 48.5 Å². The quantitative estimate of drug-likeness (QED) is 0.454. The number of fused-ring (bicyclic) bond motifs is 4. The number of nitrogens with two attached hydrogens (primary N) is 1. The summed E-state index contributed by atoms with van der Waals surface area (Å²) in [7, 11) is 0. The fourth-order valence-corrected chi connectivity index (χ4v) is 4.93. The molecule has 0 bridgehead atoms. The first kappa shape index (κ1) is 24.2. The molecule has 190 valence electrons. The molecule has 3 aromatic rings. The predicted octanol–water partition coefficient (Wildman–Crippen LogP) is 3.89. The summed E-state index contributed by atoms with van der Waals surface area (Å²) in [6.45, 7) is 0.118. The van der Waals surface area contributed by atoms with Crippen LogP contribution in [0.3, 0.4) is 0 Å². The fourth-order valence-electron chi connectivity index (χ4n) is 4.93. The Kier molecular flexibility index (Phi) is 6.68. The van der Waals surface area contributed by atoms with E-state index in [-0.39, 0.29) is 38.7 Å². The zero-order chi connectivity index (χ0) is 25.9. The maximum atomic E-state index is 13.4. The van der Waals surface area contributed by atoms with Gasteiger partial charge in [-0.05, 0) is 46.4 Å². The lowest BCUT2D eigenvalue weighted by Crippen LogP contribution is -2.48. The molecule has 1 atom stereocenters. The van der Waals surface area contributed by atoms with E-state index in [2.05, 4.69) is 0 Å². The summed E-state index contributed by atoms with van der Waals surface area (Å²) in [5.41, 5.74) is 10.6. The highest BCUT2D eigenvalue weighted by molar-refractivity contribution is 5.85. The largest absolute Gasteiger partial charge is 0.481 e. The SMILES string of the molecule is NC(=O)[C@H](CCC(=O)O)N(Cc1ccc2c(c1)OCO2)C(=O)OCC1c2ccccc2-c2ccccc21. The minimum atomic E-state index is -1.17. The molecule has 37 heavy (non-hydrogen) atoms. The Morgan fingerprint density at radius 1 is 0.973 bits per heavy atom. The molecule has 3 aromatic carbocycles. The molecule has 2 amide bonds. The van der Waals surface area contributed by atoms with Gasteiger partial charge in [-0.1, -0.05) is 54.6 Å². The number of carboxylic acids is 1. The van der Waals surface area contributed by atoms with E-state index in [1.165, 1.54) is 4.90 Å². The number of carbonyl (C=O) groups excluding carboxylic acids is 2. The van der Waals surface area contributed by atoms with Crippen LogP contribution < -0.4 is 15.2 Å². The lowest BCUT2D eigenvalue weighted by Gasteiger charge is -2.29. The van der Waals surface area contributed by atoms with Gasteiger partial charge in [-0.3, -0.25) is 14.5 Å². The van der Waals surface area contributed by atoms with Crippen LogP contribution in [0.15, 0.2) is 66.7 Å². The third-order valence-corrected chi connectivity index (χ3v) is 6.70. The second kappa shape index (κ2) is 10.2. The molecule has 0 saturated heterocycles. The lowest BCUT2D eigenvalue weighted by molar-refractivity contribution is -0.137. The van der Waals surface area contributed by atoms with E-state index in [9.17, 15) is 19.5 Å². The van der Waals surface area contributed by atoms with Crippen molar-refractivity contribution >= 4 is 18.0 Å². The highest BCUT2D eigenvalue weighted by Gasteiger charge is 2.33. The van der Waals surface area contributed by atoms with Crippen LogP contribution in [0.25, 0.3) is 11.1 Å². The van der Waals surface area contributed by atoms with E-state index in [4.69, 9.17) is 19.9 Å². The Morgan fingerprint density at radius 3 is 2.27 bits per heavy atom. The van der Waals surface area contributed by atoms with E-state index in [0.29, 0.717) is 17.1 Å². The van der Waals surface area contributed by atoms with Crippen molar-refractivity contribution in [3.05, 3.63) is 83.4 Å². The van der Waals surface area contributed by atoms with Gasteiger partial charge in [-0.25, -0.2) is 4.79 Å². The zero-order valence-corrected chi connectivity index (χ0v) is 20.0. The summed E-state index contributed by atoms with van der Waals surface area (Å²) < 4.78 is 16.5. The van der Waals surface area contributed by atoms with Gasteiger partial charge < -0.3 is 25.1 Å². The lowest BCUT2D eigenvalue weighted by atomic mass is 9.98. The number of aliphatic carboxylic acids is 1. The van der Waals surface area contributed by atoms with E-state index < -0.39 is 24.0 Å². The zero-order valence-electron chi connectivity index (χ0n) is 20.0. The highest BCUT2D eigenvalue weighted by atomic mass is 16.7. The van der Waals surface area contributed by atoms with Crippen LogP contribution in [0.5, 0.6) is 11.5 Å². The van der Waals surface area contributed by atoms with Gasteiger partial charge in [0, 0.05) is 18.9 Å². The first-order valence-electron chi connectivity index (χ1n) is 11.9. The molecule has 9 nitrogen and oxygen atoms in total. The van der Waals surface area contributed by atoms with E-state index in [1.54, 1.807) is 18.2 Å². The topological polar surface area (TPSA) is 128 Å². The molecule has 2 aliphatic rings. The van der Waals surface area contributed by atoms with Crippen molar-refractivity contribution in [1.29, 1.82) is 0 Å². The number of nitrogens with zero attached hydrogens (tertiary/aromatic N) is 1. The Morgan fingerprint density at radius 2 is 1.62 bits per heavy atom. The van der Waals surface area contributed by atoms with Crippen molar-refractivity contribution < 1.29 is 33.7 Å². The molecule has 0 fully saturated rings. The molecule has 1 aliphatic heterocycles. The Labute approximate surface area is 213 Å². The third kappa shape index (κ3) is 4.93. The number of ether oxygens (including phenoxy) is 3. The van der Waals surface area contributed by atoms with Gasteiger partial charge >= 0.3 is 12.1 Å². The number of hydrogen-bond acceptors (Lipinski definition) is 6. The van der Waals surface area contributed by atoms with Crippen LogP contribution in [0.4, 0.5) is 4.79 Å². The number of hydrogen-bond donors (Lipinski definition) is 2. The molecule has 0 saturated carbocycles. The molecule has 1 heterocycles. The molecule has 5 rings (SSSR count). The third-order valence-electron chi connectivity index (χ3n) is 6.70. The maximum Gasteiger partial charge on any atom is 0.410 e. The van der Waals surface area contributed by atoms with Gasteiger partial charge in [0.2, 0.25) is 12.7 Å². The molecule has 3 N–H and O–H groups in total. The van der Waals surface area contributed by atoms with Crippen molar-refractivity contribution in [3.8, 4) is 22.6 Å². The average molecular weight is 503 g/mol. The summed E-state index contributed by atoms with van der Waals surface area (Å²) in [5.74, 6) is -0.980. The van der Waals surface area contributed by atoms with Crippen molar-refractivity contribution in [2.75, 3.05) is 13.4 Å². The minimum Gasteiger partial charge on any atom is -0.481 e. The van der Waals surface area contributed by atoms with Crippen molar-refractivity contribution in [2.24, 2.45) is 5.73 Å². The second-order valence-electron chi connectivity index (χ2n) is 8.97. The molecule has 0 unspecified atom stereocenters. The molecule has 9 heteroatoms. The van der Waals surface area contributed by atoms with Crippen LogP contribution in [0.1, 0.15) is 35.4 Å². The number of carbonyl (C=O) groups is 3. The van der Waals surface area contributed by atoms with Gasteiger partial charge in [0.15, 0.2) is 11.5 Å². The van der Waals surface area contributed by atoms with Crippen molar-refractivity contribution in [2.45, 2.75) is 31.3 Å². The van der Waals surface area contributed by atoms with Crippen LogP contribution in [-0.2, 0) is 20.9 Å². The standard InChI is InChI=1S/C28H26N2O7/c29-27(33)23(10-12-26(31)32)30(14-17-9-11-24-25(13-17)37-16-36-24)28(34)35-15-22-20-7-3-1-5-18(20)19-6-2-4-8-21(19)22/h1-9,11,13,22-23H,10,12,14-16H2,(H2,29,33)(H,31,32)/t23-/m0/s1. The Balaban J connectivity index is 1.39. The van der Waals surface area contributed by atoms with Gasteiger partial charge in [-0.15, -0.1) is 0 Å². The van der Waals surface area contributed by atoms with E-state index in [0.717, 1.165) is 22.3 Å². The van der Waals surface area contributed by atoms with E-state index >= 15 is 0 Å². The van der Waals surface area contributed by atoms with Crippen molar-refractivity contribution in [3.63, 3.8) is 0 Å². The van der Waals surface area contributed by atoms with Crippen LogP contribution in [-0.4, -0.2) is 47.4 Å². The summed E-state index contributed by atoms with van der Waals surface area (Å²) in [6.07, 6.45) is -1.23. The average Bonchev–Trinajstić information content (AvgIpc) is 3.48. The van der Waals surface area contributed by atoms with Crippen LogP contribution >= 0.6 is 0 Å². The monoisotopic (exact) mass is 502 g/mol. The number of carboxylic acid groups (broad SMARTS) is 1. The van der Waals surface area contributed by atoms with Gasteiger partial charge in [0.05, 0.1) is 0 Å². The summed E-state index contributed by atoms with van der Waals surface area (Å²) >= 11 is 0. The highest BCUT2D eigenvalue weighted by Crippen LogP contribution is 2.44. The smallest absolute Gasteiger partial charge is 0.410 e. The van der Waals surface area contributed by atoms with Crippen LogP contribution in [0.2, 0.25) is 0 Å². The number of primary amides is 1. The summed E-state index contributed by atoms with van der Waals surface area (Å²) in [6, 6.07) is 19.9. The van der Waals surface area contributed by atoms with Gasteiger partial charge in [0.25, 0.3) is 0 Å². The number of amides is 2. The van der Waals surface area contributed by atoms with Gasteiger partial charge in [-0.2, -0.15) is 0 Å². The fraction of sp³-hybridized carbons (Fsp3) is 0.250. The predicted molar refractivity (Wildman–Crippen MR) is 133 cm³/mol. The maximum absolute atomic E-state index is 13.4. The number of benzene rings is 3. The number of rotatable bonds is 9. The van der Waals surface area contributed by atoms with Crippen LogP contribution in [0, 0.1) is 0 Å². The van der Waals surface area contributed by atoms with Gasteiger partial charge in [0.1, 0.15) is 12.6 Å². The molecule has 0 spiro atoms. The molecular formula is C28H26N2O7. The summed E-state index contributed by atoms with van der Waals surface area (Å²) in [5, 5.41) is 9.18. The minimum absolute atomic E-state index is 0.0272.